The van der Waals surface area contributed by atoms with Crippen LogP contribution in [0.3, 0.4) is 0 Å². The van der Waals surface area contributed by atoms with Crippen LogP contribution >= 0.6 is 0 Å². The van der Waals surface area contributed by atoms with E-state index in [1.165, 1.54) is 13.0 Å². The van der Waals surface area contributed by atoms with E-state index in [1.54, 1.807) is 0 Å². The lowest BCUT2D eigenvalue weighted by molar-refractivity contribution is -0.125. The summed E-state index contributed by atoms with van der Waals surface area (Å²) in [6, 6.07) is 0.348. The molecule has 4 nitrogen and oxygen atoms in total. The number of amides is 1. The minimum atomic E-state index is 0.0574. The number of nitrogens with zero attached hydrogens (tertiary/aromatic N) is 1. The van der Waals surface area contributed by atoms with Crippen LogP contribution < -0.4 is 10.6 Å². The van der Waals surface area contributed by atoms with E-state index in [1.807, 2.05) is 14.0 Å². The third kappa shape index (κ3) is 4.10. The van der Waals surface area contributed by atoms with Gasteiger partial charge in [-0.3, -0.25) is 4.79 Å². The van der Waals surface area contributed by atoms with Crippen molar-refractivity contribution in [2.24, 2.45) is 5.92 Å². The quantitative estimate of drug-likeness (QED) is 0.716. The number of rotatable bonds is 5. The smallest absolute Gasteiger partial charge is 0.224 e. The van der Waals surface area contributed by atoms with Crippen molar-refractivity contribution in [2.75, 3.05) is 33.2 Å². The van der Waals surface area contributed by atoms with Crippen molar-refractivity contribution in [3.05, 3.63) is 0 Å². The van der Waals surface area contributed by atoms with Crippen LogP contribution in [0.5, 0.6) is 0 Å². The Balaban J connectivity index is 2.32. The largest absolute Gasteiger partial charge is 0.352 e. The summed E-state index contributed by atoms with van der Waals surface area (Å²) in [6.07, 6.45) is 2.31. The van der Waals surface area contributed by atoms with Gasteiger partial charge in [-0.1, -0.05) is 13.8 Å². The highest BCUT2D eigenvalue weighted by Crippen LogP contribution is 2.10. The van der Waals surface area contributed by atoms with Crippen LogP contribution in [0.4, 0.5) is 0 Å². The van der Waals surface area contributed by atoms with Crippen LogP contribution in [-0.2, 0) is 4.79 Å². The minimum absolute atomic E-state index is 0.0574. The number of carbonyl (C=O) groups is 1. The Morgan fingerprint density at radius 3 is 2.94 bits per heavy atom. The molecule has 1 aliphatic rings. The summed E-state index contributed by atoms with van der Waals surface area (Å²) >= 11 is 0. The second kappa shape index (κ2) is 6.86. The molecule has 1 fully saturated rings. The summed E-state index contributed by atoms with van der Waals surface area (Å²) in [4.78, 5) is 14.2. The second-order valence-corrected chi connectivity index (χ2v) is 4.70. The van der Waals surface area contributed by atoms with Crippen molar-refractivity contribution >= 4 is 5.91 Å². The van der Waals surface area contributed by atoms with Crippen molar-refractivity contribution in [1.29, 1.82) is 0 Å². The zero-order chi connectivity index (χ0) is 12.0. The van der Waals surface area contributed by atoms with Crippen molar-refractivity contribution in [3.63, 3.8) is 0 Å². The van der Waals surface area contributed by atoms with Gasteiger partial charge in [-0.05, 0) is 33.0 Å². The van der Waals surface area contributed by atoms with E-state index in [4.69, 9.17) is 0 Å². The van der Waals surface area contributed by atoms with Crippen LogP contribution in [0.15, 0.2) is 0 Å². The molecule has 0 spiro atoms. The van der Waals surface area contributed by atoms with Gasteiger partial charge in [0.25, 0.3) is 0 Å². The summed E-state index contributed by atoms with van der Waals surface area (Å²) in [7, 11) is 1.88. The number of likely N-dealkylation sites (N-methyl/N-ethyl adjacent to an activating group) is 1. The number of hydrogen-bond donors (Lipinski definition) is 2. The van der Waals surface area contributed by atoms with E-state index >= 15 is 0 Å². The molecule has 1 aliphatic heterocycles. The average molecular weight is 227 g/mol. The van der Waals surface area contributed by atoms with Gasteiger partial charge in [-0.2, -0.15) is 0 Å². The first-order valence-electron chi connectivity index (χ1n) is 6.34. The number of carbonyl (C=O) groups excluding carboxylic acids is 1. The molecule has 1 saturated heterocycles. The molecule has 0 radical (unpaired) electrons. The van der Waals surface area contributed by atoms with Crippen LogP contribution in [0.1, 0.15) is 26.7 Å². The van der Waals surface area contributed by atoms with E-state index in [-0.39, 0.29) is 11.8 Å². The Labute approximate surface area is 98.8 Å². The molecule has 0 saturated carbocycles. The van der Waals surface area contributed by atoms with Gasteiger partial charge in [0.15, 0.2) is 0 Å². The van der Waals surface area contributed by atoms with Gasteiger partial charge in [0, 0.05) is 25.0 Å². The predicted molar refractivity (Wildman–Crippen MR) is 66.4 cm³/mol. The van der Waals surface area contributed by atoms with E-state index in [2.05, 4.69) is 22.5 Å². The van der Waals surface area contributed by atoms with Crippen LogP contribution in [0, 0.1) is 5.92 Å². The Morgan fingerprint density at radius 2 is 2.31 bits per heavy atom. The van der Waals surface area contributed by atoms with Gasteiger partial charge < -0.3 is 15.5 Å². The molecular formula is C12H25N3O. The third-order valence-corrected chi connectivity index (χ3v) is 3.26. The van der Waals surface area contributed by atoms with Crippen LogP contribution in [0.2, 0.25) is 0 Å². The van der Waals surface area contributed by atoms with Gasteiger partial charge in [0.1, 0.15) is 0 Å². The molecule has 2 unspecified atom stereocenters. The van der Waals surface area contributed by atoms with Crippen molar-refractivity contribution in [2.45, 2.75) is 32.7 Å². The van der Waals surface area contributed by atoms with E-state index in [0.717, 1.165) is 26.1 Å². The Morgan fingerprint density at radius 1 is 1.56 bits per heavy atom. The average Bonchev–Trinajstić information content (AvgIpc) is 2.29. The maximum Gasteiger partial charge on any atom is 0.224 e. The molecule has 1 rings (SSSR count). The summed E-state index contributed by atoms with van der Waals surface area (Å²) in [6.45, 7) is 8.15. The molecule has 0 aromatic carbocycles. The fourth-order valence-electron chi connectivity index (χ4n) is 2.20. The maximum atomic E-state index is 11.8. The molecule has 16 heavy (non-hydrogen) atoms. The van der Waals surface area contributed by atoms with E-state index in [9.17, 15) is 4.79 Å². The van der Waals surface area contributed by atoms with Gasteiger partial charge in [0.05, 0.1) is 0 Å². The topological polar surface area (TPSA) is 44.4 Å². The monoisotopic (exact) mass is 227 g/mol. The fraction of sp³-hybridized carbons (Fsp3) is 0.917. The standard InChI is InChI=1S/C12H25N3O/c1-4-15-7-5-6-11(9-15)14-12(16)10(2)8-13-3/h10-11,13H,4-9H2,1-3H3,(H,14,16). The number of piperidine rings is 1. The molecule has 0 bridgehead atoms. The van der Waals surface area contributed by atoms with E-state index < -0.39 is 0 Å². The van der Waals surface area contributed by atoms with Gasteiger partial charge in [-0.25, -0.2) is 0 Å². The maximum absolute atomic E-state index is 11.8. The van der Waals surface area contributed by atoms with Gasteiger partial charge in [-0.15, -0.1) is 0 Å². The summed E-state index contributed by atoms with van der Waals surface area (Å²) < 4.78 is 0. The van der Waals surface area contributed by atoms with Crippen molar-refractivity contribution in [3.8, 4) is 0 Å². The Hall–Kier alpha value is -0.610. The highest BCUT2D eigenvalue weighted by molar-refractivity contribution is 5.78. The number of nitrogens with one attached hydrogen (secondary N) is 2. The molecule has 0 aromatic rings. The summed E-state index contributed by atoms with van der Waals surface area (Å²) in [5, 5.41) is 6.18. The lowest BCUT2D eigenvalue weighted by Gasteiger charge is -2.32. The summed E-state index contributed by atoms with van der Waals surface area (Å²) in [5.41, 5.74) is 0. The number of likely N-dealkylation sites (tertiary alicyclic amines) is 1. The first-order chi connectivity index (χ1) is 7.67. The molecular weight excluding hydrogens is 202 g/mol. The normalized spacial score (nSPS) is 24.1. The minimum Gasteiger partial charge on any atom is -0.352 e. The Bertz CT molecular complexity index is 220. The lowest BCUT2D eigenvalue weighted by Crippen LogP contribution is -2.49. The molecule has 1 amide bonds. The molecule has 4 heteroatoms. The van der Waals surface area contributed by atoms with Crippen molar-refractivity contribution < 1.29 is 4.79 Å². The van der Waals surface area contributed by atoms with Crippen molar-refractivity contribution in [1.82, 2.24) is 15.5 Å². The zero-order valence-electron chi connectivity index (χ0n) is 10.8. The predicted octanol–water partition coefficient (Wildman–Crippen LogP) is 0.442. The van der Waals surface area contributed by atoms with Crippen LogP contribution in [-0.4, -0.2) is 50.1 Å². The van der Waals surface area contributed by atoms with Gasteiger partial charge >= 0.3 is 0 Å². The summed E-state index contributed by atoms with van der Waals surface area (Å²) in [5.74, 6) is 0.235. The molecule has 2 atom stereocenters. The fourth-order valence-corrected chi connectivity index (χ4v) is 2.20. The highest BCUT2D eigenvalue weighted by Gasteiger charge is 2.22. The molecule has 1 heterocycles. The molecule has 0 aliphatic carbocycles. The SMILES string of the molecule is CCN1CCCC(NC(=O)C(C)CNC)C1. The van der Waals surface area contributed by atoms with Crippen LogP contribution in [0.25, 0.3) is 0 Å². The van der Waals surface area contributed by atoms with E-state index in [0.29, 0.717) is 6.04 Å². The highest BCUT2D eigenvalue weighted by atomic mass is 16.1. The third-order valence-electron chi connectivity index (χ3n) is 3.26. The molecule has 94 valence electrons. The first-order valence-corrected chi connectivity index (χ1v) is 6.34. The Kier molecular flexibility index (Phi) is 5.77. The zero-order valence-corrected chi connectivity index (χ0v) is 10.8. The molecule has 2 N–H and O–H groups in total. The van der Waals surface area contributed by atoms with Gasteiger partial charge in [0.2, 0.25) is 5.91 Å². The lowest BCUT2D eigenvalue weighted by atomic mass is 10.0. The second-order valence-electron chi connectivity index (χ2n) is 4.70. The first kappa shape index (κ1) is 13.5. The number of hydrogen-bond acceptors (Lipinski definition) is 3. The molecule has 0 aromatic heterocycles.